The van der Waals surface area contributed by atoms with Crippen LogP contribution in [0, 0.1) is 0 Å². The summed E-state index contributed by atoms with van der Waals surface area (Å²) in [6, 6.07) is 4.12. The third kappa shape index (κ3) is 1.22. The number of benzene rings is 1. The highest BCUT2D eigenvalue weighted by molar-refractivity contribution is 5.81. The lowest BCUT2D eigenvalue weighted by Gasteiger charge is -2.04. The third-order valence-electron chi connectivity index (χ3n) is 1.59. The van der Waals surface area contributed by atoms with E-state index in [4.69, 9.17) is 0 Å². The molecule has 5 heteroatoms. The fourth-order valence-electron chi connectivity index (χ4n) is 1.08. The minimum Gasteiger partial charge on any atom is -0.395 e. The molecule has 1 aromatic carbocycles. The molecule has 0 N–H and O–H groups in total. The van der Waals surface area contributed by atoms with Crippen LogP contribution in [0.3, 0.4) is 0 Å². The Morgan fingerprint density at radius 2 is 2.08 bits per heavy atom. The number of aldehydes is 1. The zero-order valence-electron chi connectivity index (χ0n) is 6.29. The monoisotopic (exact) mass is 186 g/mol. The highest BCUT2D eigenvalue weighted by Crippen LogP contribution is 2.42. The molecule has 0 saturated heterocycles. The van der Waals surface area contributed by atoms with Gasteiger partial charge < -0.3 is 9.47 Å². The second-order valence-electron chi connectivity index (χ2n) is 2.46. The predicted octanol–water partition coefficient (Wildman–Crippen LogP) is 1.82. The summed E-state index contributed by atoms with van der Waals surface area (Å²) in [5.74, 6) is -0.322. The van der Waals surface area contributed by atoms with Gasteiger partial charge in [0.1, 0.15) is 0 Å². The fraction of sp³-hybridized carbons (Fsp3) is 0.125. The number of alkyl halides is 2. The SMILES string of the molecule is O=Cc1cccc2c1OC(F)(F)O2. The summed E-state index contributed by atoms with van der Waals surface area (Å²) < 4.78 is 33.2. The van der Waals surface area contributed by atoms with Crippen LogP contribution >= 0.6 is 0 Å². The maximum atomic E-state index is 12.5. The van der Waals surface area contributed by atoms with E-state index < -0.39 is 6.29 Å². The Kier molecular flexibility index (Phi) is 1.48. The van der Waals surface area contributed by atoms with E-state index in [1.165, 1.54) is 18.2 Å². The summed E-state index contributed by atoms with van der Waals surface area (Å²) >= 11 is 0. The molecule has 0 spiro atoms. The van der Waals surface area contributed by atoms with E-state index in [0.717, 1.165) is 0 Å². The number of carbonyl (C=O) groups excluding carboxylic acids is 1. The van der Waals surface area contributed by atoms with Crippen molar-refractivity contribution in [1.82, 2.24) is 0 Å². The smallest absolute Gasteiger partial charge is 0.395 e. The summed E-state index contributed by atoms with van der Waals surface area (Å²) in [5, 5.41) is 0. The quantitative estimate of drug-likeness (QED) is 0.627. The summed E-state index contributed by atoms with van der Waals surface area (Å²) in [4.78, 5) is 10.4. The van der Waals surface area contributed by atoms with Gasteiger partial charge in [-0.1, -0.05) is 6.07 Å². The van der Waals surface area contributed by atoms with Crippen LogP contribution in [0.15, 0.2) is 18.2 Å². The van der Waals surface area contributed by atoms with E-state index in [2.05, 4.69) is 9.47 Å². The molecule has 0 atom stereocenters. The van der Waals surface area contributed by atoms with E-state index in [-0.39, 0.29) is 17.1 Å². The van der Waals surface area contributed by atoms with Crippen molar-refractivity contribution in [3.05, 3.63) is 23.8 Å². The molecule has 1 aliphatic heterocycles. The van der Waals surface area contributed by atoms with Crippen LogP contribution in [-0.2, 0) is 0 Å². The minimum atomic E-state index is -3.67. The Bertz CT molecular complexity index is 362. The Hall–Kier alpha value is -1.65. The maximum absolute atomic E-state index is 12.5. The van der Waals surface area contributed by atoms with Gasteiger partial charge in [-0.25, -0.2) is 0 Å². The second-order valence-corrected chi connectivity index (χ2v) is 2.46. The van der Waals surface area contributed by atoms with Crippen molar-refractivity contribution < 1.29 is 23.0 Å². The molecule has 0 aromatic heterocycles. The zero-order chi connectivity index (χ0) is 9.47. The topological polar surface area (TPSA) is 35.5 Å². The summed E-state index contributed by atoms with van der Waals surface area (Å²) in [6.45, 7) is 0. The normalized spacial score (nSPS) is 17.1. The third-order valence-corrected chi connectivity index (χ3v) is 1.59. The highest BCUT2D eigenvalue weighted by atomic mass is 19.3. The van der Waals surface area contributed by atoms with Crippen molar-refractivity contribution in [2.75, 3.05) is 0 Å². The van der Waals surface area contributed by atoms with Gasteiger partial charge in [-0.05, 0) is 12.1 Å². The van der Waals surface area contributed by atoms with Gasteiger partial charge in [0.25, 0.3) is 0 Å². The van der Waals surface area contributed by atoms with Crippen LogP contribution in [0.1, 0.15) is 10.4 Å². The first-order chi connectivity index (χ1) is 6.12. The Morgan fingerprint density at radius 1 is 1.31 bits per heavy atom. The molecule has 0 unspecified atom stereocenters. The van der Waals surface area contributed by atoms with Gasteiger partial charge in [0.15, 0.2) is 17.8 Å². The van der Waals surface area contributed by atoms with Gasteiger partial charge in [0, 0.05) is 0 Å². The number of ether oxygens (including phenoxy) is 2. The molecule has 0 amide bonds. The van der Waals surface area contributed by atoms with Crippen molar-refractivity contribution in [2.24, 2.45) is 0 Å². The van der Waals surface area contributed by atoms with Gasteiger partial charge >= 0.3 is 6.29 Å². The van der Waals surface area contributed by atoms with Crippen LogP contribution in [0.4, 0.5) is 8.78 Å². The predicted molar refractivity (Wildman–Crippen MR) is 38.0 cm³/mol. The van der Waals surface area contributed by atoms with Crippen molar-refractivity contribution in [3.8, 4) is 11.5 Å². The van der Waals surface area contributed by atoms with Crippen LogP contribution in [-0.4, -0.2) is 12.6 Å². The lowest BCUT2D eigenvalue weighted by Crippen LogP contribution is -2.26. The lowest BCUT2D eigenvalue weighted by atomic mass is 10.2. The van der Waals surface area contributed by atoms with Crippen molar-refractivity contribution in [2.45, 2.75) is 6.29 Å². The molecule has 1 heterocycles. The average Bonchev–Trinajstić information content (AvgIpc) is 2.37. The van der Waals surface area contributed by atoms with E-state index >= 15 is 0 Å². The number of carbonyl (C=O) groups is 1. The standard InChI is InChI=1S/C8H4F2O3/c9-8(10)12-6-3-1-2-5(4-11)7(6)13-8/h1-4H. The van der Waals surface area contributed by atoms with Crippen LogP contribution in [0.5, 0.6) is 11.5 Å². The molecular weight excluding hydrogens is 182 g/mol. The lowest BCUT2D eigenvalue weighted by molar-refractivity contribution is -0.286. The molecule has 0 radical (unpaired) electrons. The summed E-state index contributed by atoms with van der Waals surface area (Å²) in [7, 11) is 0. The average molecular weight is 186 g/mol. The zero-order valence-corrected chi connectivity index (χ0v) is 6.29. The van der Waals surface area contributed by atoms with Crippen molar-refractivity contribution in [1.29, 1.82) is 0 Å². The molecule has 68 valence electrons. The molecule has 2 rings (SSSR count). The number of fused-ring (bicyclic) bond motifs is 1. The fourth-order valence-corrected chi connectivity index (χ4v) is 1.08. The Labute approximate surface area is 71.9 Å². The number of rotatable bonds is 1. The first kappa shape index (κ1) is 7.97. The van der Waals surface area contributed by atoms with Crippen LogP contribution in [0.25, 0.3) is 0 Å². The molecule has 0 bridgehead atoms. The molecular formula is C8H4F2O3. The van der Waals surface area contributed by atoms with Gasteiger partial charge in [0.05, 0.1) is 5.56 Å². The van der Waals surface area contributed by atoms with Crippen LogP contribution in [0.2, 0.25) is 0 Å². The Balaban J connectivity index is 2.51. The van der Waals surface area contributed by atoms with Gasteiger partial charge in [-0.15, -0.1) is 8.78 Å². The molecule has 1 aliphatic rings. The summed E-state index contributed by atoms with van der Waals surface area (Å²) in [6.07, 6.45) is -3.23. The van der Waals surface area contributed by atoms with E-state index in [1.54, 1.807) is 0 Å². The van der Waals surface area contributed by atoms with Gasteiger partial charge in [-0.3, -0.25) is 4.79 Å². The molecule has 0 fully saturated rings. The summed E-state index contributed by atoms with van der Waals surface area (Å²) in [5.41, 5.74) is 0.0506. The van der Waals surface area contributed by atoms with Gasteiger partial charge in [0.2, 0.25) is 0 Å². The largest absolute Gasteiger partial charge is 0.586 e. The van der Waals surface area contributed by atoms with Gasteiger partial charge in [-0.2, -0.15) is 0 Å². The molecule has 0 aliphatic carbocycles. The second kappa shape index (κ2) is 2.42. The number of hydrogen-bond acceptors (Lipinski definition) is 3. The molecule has 1 aromatic rings. The number of halogens is 2. The first-order valence-corrected chi connectivity index (χ1v) is 3.46. The minimum absolute atomic E-state index is 0.0506. The molecule has 13 heavy (non-hydrogen) atoms. The van der Waals surface area contributed by atoms with E-state index in [1.807, 2.05) is 0 Å². The van der Waals surface area contributed by atoms with Crippen molar-refractivity contribution >= 4 is 6.29 Å². The molecule has 3 nitrogen and oxygen atoms in total. The number of para-hydroxylation sites is 1. The van der Waals surface area contributed by atoms with Crippen molar-refractivity contribution in [3.63, 3.8) is 0 Å². The first-order valence-electron chi connectivity index (χ1n) is 3.46. The van der Waals surface area contributed by atoms with E-state index in [9.17, 15) is 13.6 Å². The molecule has 0 saturated carbocycles. The number of hydrogen-bond donors (Lipinski definition) is 0. The van der Waals surface area contributed by atoms with E-state index in [0.29, 0.717) is 6.29 Å². The van der Waals surface area contributed by atoms with Crippen LogP contribution < -0.4 is 9.47 Å². The Morgan fingerprint density at radius 3 is 2.77 bits per heavy atom. The maximum Gasteiger partial charge on any atom is 0.586 e. The highest BCUT2D eigenvalue weighted by Gasteiger charge is 2.44.